The lowest BCUT2D eigenvalue weighted by molar-refractivity contribution is 0.473. The fraction of sp³-hybridized carbons (Fsp3) is 0.286. The topological polar surface area (TPSA) is 71.3 Å². The summed E-state index contributed by atoms with van der Waals surface area (Å²) in [5.74, 6) is 0.782. The summed E-state index contributed by atoms with van der Waals surface area (Å²) in [7, 11) is -2.10. The molecule has 0 spiro atoms. The van der Waals surface area contributed by atoms with E-state index in [1.807, 2.05) is 19.1 Å². The standard InChI is InChI=1S/C14H18N2O3S/c1-3-11(13-8-6-10-19-13)16-12-7-4-5-9-14(12)20(17,18)15-2/h4-11,15-16H,3H2,1-2H3. The lowest BCUT2D eigenvalue weighted by atomic mass is 10.1. The molecule has 0 amide bonds. The van der Waals surface area contributed by atoms with Gasteiger partial charge in [-0.25, -0.2) is 13.1 Å². The third-order valence-corrected chi connectivity index (χ3v) is 4.54. The Labute approximate surface area is 119 Å². The van der Waals surface area contributed by atoms with Crippen LogP contribution in [-0.2, 0) is 10.0 Å². The quantitative estimate of drug-likeness (QED) is 0.859. The molecule has 2 rings (SSSR count). The third-order valence-electron chi connectivity index (χ3n) is 3.07. The van der Waals surface area contributed by atoms with Crippen LogP contribution in [0.5, 0.6) is 0 Å². The van der Waals surface area contributed by atoms with Gasteiger partial charge in [-0.3, -0.25) is 0 Å². The molecular weight excluding hydrogens is 276 g/mol. The minimum atomic E-state index is -3.49. The monoisotopic (exact) mass is 294 g/mol. The lowest BCUT2D eigenvalue weighted by Gasteiger charge is -2.18. The summed E-state index contributed by atoms with van der Waals surface area (Å²) in [5, 5.41) is 3.23. The van der Waals surface area contributed by atoms with Crippen LogP contribution in [0.4, 0.5) is 5.69 Å². The summed E-state index contributed by atoms with van der Waals surface area (Å²) >= 11 is 0. The molecule has 6 heteroatoms. The van der Waals surface area contributed by atoms with E-state index >= 15 is 0 Å². The van der Waals surface area contributed by atoms with Crippen molar-refractivity contribution in [1.82, 2.24) is 4.72 Å². The Morgan fingerprint density at radius 1 is 1.20 bits per heavy atom. The first kappa shape index (κ1) is 14.6. The molecule has 1 unspecified atom stereocenters. The zero-order valence-electron chi connectivity index (χ0n) is 11.5. The zero-order valence-corrected chi connectivity index (χ0v) is 12.3. The van der Waals surface area contributed by atoms with Gasteiger partial charge in [0.2, 0.25) is 10.0 Å². The number of rotatable bonds is 6. The SMILES string of the molecule is CCC(Nc1ccccc1S(=O)(=O)NC)c1ccco1. The normalized spacial score (nSPS) is 13.1. The molecule has 0 aliphatic carbocycles. The molecule has 1 atom stereocenters. The van der Waals surface area contributed by atoms with Crippen LogP contribution in [0.1, 0.15) is 25.1 Å². The Morgan fingerprint density at radius 2 is 1.95 bits per heavy atom. The summed E-state index contributed by atoms with van der Waals surface area (Å²) < 4.78 is 31.7. The molecule has 0 saturated heterocycles. The number of anilines is 1. The Kier molecular flexibility index (Phi) is 4.46. The van der Waals surface area contributed by atoms with Gasteiger partial charge < -0.3 is 9.73 Å². The molecule has 0 aliphatic rings. The highest BCUT2D eigenvalue weighted by Gasteiger charge is 2.19. The van der Waals surface area contributed by atoms with Crippen LogP contribution in [0.15, 0.2) is 52.0 Å². The van der Waals surface area contributed by atoms with Gasteiger partial charge in [-0.2, -0.15) is 0 Å². The lowest BCUT2D eigenvalue weighted by Crippen LogP contribution is -2.21. The summed E-state index contributed by atoms with van der Waals surface area (Å²) in [6.45, 7) is 2.01. The molecule has 0 saturated carbocycles. The molecule has 1 aromatic heterocycles. The summed E-state index contributed by atoms with van der Waals surface area (Å²) in [4.78, 5) is 0.229. The first-order valence-corrected chi connectivity index (χ1v) is 7.89. The van der Waals surface area contributed by atoms with Crippen molar-refractivity contribution < 1.29 is 12.8 Å². The molecule has 0 aliphatic heterocycles. The van der Waals surface area contributed by atoms with E-state index in [0.717, 1.165) is 12.2 Å². The molecule has 1 heterocycles. The van der Waals surface area contributed by atoms with E-state index in [-0.39, 0.29) is 10.9 Å². The molecule has 0 bridgehead atoms. The molecule has 108 valence electrons. The highest BCUT2D eigenvalue weighted by Crippen LogP contribution is 2.27. The molecule has 20 heavy (non-hydrogen) atoms. The van der Waals surface area contributed by atoms with E-state index in [0.29, 0.717) is 5.69 Å². The minimum absolute atomic E-state index is 0.0711. The number of furan rings is 1. The van der Waals surface area contributed by atoms with E-state index < -0.39 is 10.0 Å². The summed E-state index contributed by atoms with van der Waals surface area (Å²) in [5.41, 5.74) is 0.560. The molecule has 5 nitrogen and oxygen atoms in total. The van der Waals surface area contributed by atoms with Crippen LogP contribution in [0, 0.1) is 0 Å². The van der Waals surface area contributed by atoms with Gasteiger partial charge in [0.25, 0.3) is 0 Å². The predicted molar refractivity (Wildman–Crippen MR) is 78.1 cm³/mol. The van der Waals surface area contributed by atoms with E-state index in [9.17, 15) is 8.42 Å². The van der Waals surface area contributed by atoms with Crippen LogP contribution in [0.25, 0.3) is 0 Å². The zero-order chi connectivity index (χ0) is 14.6. The number of para-hydroxylation sites is 1. The fourth-order valence-electron chi connectivity index (χ4n) is 1.98. The van der Waals surface area contributed by atoms with Crippen molar-refractivity contribution >= 4 is 15.7 Å². The van der Waals surface area contributed by atoms with E-state index in [1.165, 1.54) is 7.05 Å². The Morgan fingerprint density at radius 3 is 2.55 bits per heavy atom. The maximum absolute atomic E-state index is 12.0. The van der Waals surface area contributed by atoms with E-state index in [4.69, 9.17) is 4.42 Å². The maximum atomic E-state index is 12.0. The minimum Gasteiger partial charge on any atom is -0.467 e. The average molecular weight is 294 g/mol. The predicted octanol–water partition coefficient (Wildman–Crippen LogP) is 2.75. The molecule has 0 radical (unpaired) electrons. The van der Waals surface area contributed by atoms with Crippen molar-refractivity contribution in [2.24, 2.45) is 0 Å². The van der Waals surface area contributed by atoms with Crippen molar-refractivity contribution in [3.05, 3.63) is 48.4 Å². The molecular formula is C14H18N2O3S. The second-order valence-corrected chi connectivity index (χ2v) is 6.18. The van der Waals surface area contributed by atoms with Gasteiger partial charge in [0.1, 0.15) is 10.7 Å². The fourth-order valence-corrected chi connectivity index (χ4v) is 2.88. The second-order valence-electron chi connectivity index (χ2n) is 4.32. The summed E-state index contributed by atoms with van der Waals surface area (Å²) in [6, 6.07) is 10.4. The van der Waals surface area contributed by atoms with Crippen molar-refractivity contribution in [1.29, 1.82) is 0 Å². The Hall–Kier alpha value is -1.79. The van der Waals surface area contributed by atoms with Gasteiger partial charge >= 0.3 is 0 Å². The van der Waals surface area contributed by atoms with Crippen LogP contribution in [0.2, 0.25) is 0 Å². The van der Waals surface area contributed by atoms with Gasteiger partial charge in [0.15, 0.2) is 0 Å². The first-order chi connectivity index (χ1) is 9.58. The van der Waals surface area contributed by atoms with Gasteiger partial charge in [-0.1, -0.05) is 19.1 Å². The van der Waals surface area contributed by atoms with Crippen LogP contribution >= 0.6 is 0 Å². The maximum Gasteiger partial charge on any atom is 0.242 e. The van der Waals surface area contributed by atoms with Crippen molar-refractivity contribution in [3.63, 3.8) is 0 Å². The molecule has 2 aromatic rings. The van der Waals surface area contributed by atoms with Gasteiger partial charge in [0.05, 0.1) is 18.0 Å². The number of hydrogen-bond donors (Lipinski definition) is 2. The molecule has 1 aromatic carbocycles. The van der Waals surface area contributed by atoms with Crippen LogP contribution in [-0.4, -0.2) is 15.5 Å². The second kappa shape index (κ2) is 6.11. The number of benzene rings is 1. The first-order valence-electron chi connectivity index (χ1n) is 6.41. The average Bonchev–Trinajstić information content (AvgIpc) is 2.99. The highest BCUT2D eigenvalue weighted by atomic mass is 32.2. The van der Waals surface area contributed by atoms with Crippen molar-refractivity contribution in [2.75, 3.05) is 12.4 Å². The third kappa shape index (κ3) is 3.02. The Balaban J connectivity index is 2.34. The number of sulfonamides is 1. The molecule has 2 N–H and O–H groups in total. The Bertz CT molecular complexity index is 651. The largest absolute Gasteiger partial charge is 0.467 e. The van der Waals surface area contributed by atoms with E-state index in [2.05, 4.69) is 10.0 Å². The van der Waals surface area contributed by atoms with E-state index in [1.54, 1.807) is 30.5 Å². The molecule has 0 fully saturated rings. The van der Waals surface area contributed by atoms with Gasteiger partial charge in [0, 0.05) is 0 Å². The van der Waals surface area contributed by atoms with Gasteiger partial charge in [-0.15, -0.1) is 0 Å². The number of nitrogens with one attached hydrogen (secondary N) is 2. The van der Waals surface area contributed by atoms with Crippen LogP contribution in [0.3, 0.4) is 0 Å². The smallest absolute Gasteiger partial charge is 0.242 e. The highest BCUT2D eigenvalue weighted by molar-refractivity contribution is 7.89. The summed E-state index contributed by atoms with van der Waals surface area (Å²) in [6.07, 6.45) is 2.39. The van der Waals surface area contributed by atoms with Gasteiger partial charge in [-0.05, 0) is 37.7 Å². The van der Waals surface area contributed by atoms with Crippen molar-refractivity contribution in [3.8, 4) is 0 Å². The number of hydrogen-bond acceptors (Lipinski definition) is 4. The van der Waals surface area contributed by atoms with Crippen LogP contribution < -0.4 is 10.0 Å². The van der Waals surface area contributed by atoms with Crippen molar-refractivity contribution in [2.45, 2.75) is 24.3 Å².